The van der Waals surface area contributed by atoms with Crippen LogP contribution >= 0.6 is 0 Å². The number of carbonyl (C=O) groups is 2. The molecular weight excluding hydrogens is 524 g/mol. The molecule has 0 atom stereocenters. The van der Waals surface area contributed by atoms with Crippen LogP contribution in [0.4, 0.5) is 11.4 Å². The van der Waals surface area contributed by atoms with E-state index >= 15 is 0 Å². The van der Waals surface area contributed by atoms with Gasteiger partial charge in [-0.1, -0.05) is 11.2 Å². The standard InChI is InChI=1S/C17H23N5O2.C11H11N5O/c1-12-15(18-2)9-14(10-19-12)21-17(23)11-22-7-4-13(5-8-22)16-3-6-20-24-16;1-16-6-9(5-14-16)8-2-3-10(13-4-8)11(7-17)15-12/h3,6,9-10,13,18H,4-5,7-8,11H2,1-2H3,(H,21,23);2-7H,12H2,1H3/b;15-11-. The van der Waals surface area contributed by atoms with E-state index in [1.54, 1.807) is 35.5 Å². The van der Waals surface area contributed by atoms with E-state index in [0.29, 0.717) is 30.1 Å². The van der Waals surface area contributed by atoms with Crippen molar-refractivity contribution in [3.63, 3.8) is 0 Å². The molecule has 0 bridgehead atoms. The van der Waals surface area contributed by atoms with Gasteiger partial charge in [-0.05, 0) is 45.0 Å². The van der Waals surface area contributed by atoms with E-state index < -0.39 is 0 Å². The van der Waals surface area contributed by atoms with Gasteiger partial charge in [0.15, 0.2) is 6.29 Å². The molecule has 41 heavy (non-hydrogen) atoms. The summed E-state index contributed by atoms with van der Waals surface area (Å²) < 4.78 is 6.95. The number of likely N-dealkylation sites (tertiary alicyclic amines) is 1. The predicted octanol–water partition coefficient (Wildman–Crippen LogP) is 2.58. The first kappa shape index (κ1) is 29.1. The van der Waals surface area contributed by atoms with Gasteiger partial charge in [0.25, 0.3) is 0 Å². The molecule has 0 aliphatic carbocycles. The average Bonchev–Trinajstić information content (AvgIpc) is 3.68. The third-order valence-corrected chi connectivity index (χ3v) is 6.77. The smallest absolute Gasteiger partial charge is 0.238 e. The van der Waals surface area contributed by atoms with Crippen molar-refractivity contribution in [3.8, 4) is 11.1 Å². The molecule has 1 saturated heterocycles. The van der Waals surface area contributed by atoms with Gasteiger partial charge in [0, 0.05) is 49.6 Å². The molecule has 4 aromatic heterocycles. The van der Waals surface area contributed by atoms with E-state index in [2.05, 4.69) is 40.9 Å². The quantitative estimate of drug-likeness (QED) is 0.126. The first-order chi connectivity index (χ1) is 19.9. The van der Waals surface area contributed by atoms with Crippen molar-refractivity contribution < 1.29 is 14.1 Å². The minimum absolute atomic E-state index is 0.0131. The Labute approximate surface area is 237 Å². The Morgan fingerprint density at radius 2 is 1.98 bits per heavy atom. The SMILES string of the molecule is CNc1cc(NC(=O)CN2CCC(c3ccno3)CC2)cnc1C.Cn1cc(-c2ccc(/C(C=O)=N\N)nc2)cn1. The monoisotopic (exact) mass is 558 g/mol. The molecule has 1 amide bonds. The molecule has 0 unspecified atom stereocenters. The van der Waals surface area contributed by atoms with Gasteiger partial charge in [0.05, 0.1) is 47.9 Å². The molecule has 4 N–H and O–H groups in total. The molecule has 0 radical (unpaired) electrons. The summed E-state index contributed by atoms with van der Waals surface area (Å²) in [5.74, 6) is 6.42. The topological polar surface area (TPSA) is 169 Å². The van der Waals surface area contributed by atoms with E-state index in [0.717, 1.165) is 54.2 Å². The molecule has 1 aliphatic rings. The van der Waals surface area contributed by atoms with Gasteiger partial charge in [-0.3, -0.25) is 29.1 Å². The highest BCUT2D eigenvalue weighted by Gasteiger charge is 2.24. The normalized spacial score (nSPS) is 14.2. The fraction of sp³-hybridized carbons (Fsp3) is 0.321. The highest BCUT2D eigenvalue weighted by atomic mass is 16.5. The zero-order chi connectivity index (χ0) is 29.2. The van der Waals surface area contributed by atoms with Crippen molar-refractivity contribution >= 4 is 29.3 Å². The highest BCUT2D eigenvalue weighted by Crippen LogP contribution is 2.27. The number of amides is 1. The third-order valence-electron chi connectivity index (χ3n) is 6.77. The van der Waals surface area contributed by atoms with Crippen LogP contribution in [0.2, 0.25) is 0 Å². The van der Waals surface area contributed by atoms with E-state index in [9.17, 15) is 9.59 Å². The summed E-state index contributed by atoms with van der Waals surface area (Å²) in [5, 5.41) is 17.2. The summed E-state index contributed by atoms with van der Waals surface area (Å²) in [5.41, 5.74) is 5.00. The third kappa shape index (κ3) is 7.82. The van der Waals surface area contributed by atoms with Gasteiger partial charge >= 0.3 is 0 Å². The van der Waals surface area contributed by atoms with Gasteiger partial charge < -0.3 is 21.0 Å². The van der Waals surface area contributed by atoms with Gasteiger partial charge in [0.1, 0.15) is 11.5 Å². The number of nitrogens with zero attached hydrogens (tertiary/aromatic N) is 7. The lowest BCUT2D eigenvalue weighted by molar-refractivity contribution is -0.117. The number of piperidine rings is 1. The second kappa shape index (κ2) is 13.9. The van der Waals surface area contributed by atoms with Crippen molar-refractivity contribution in [1.82, 2.24) is 29.8 Å². The van der Waals surface area contributed by atoms with E-state index in [1.165, 1.54) is 0 Å². The van der Waals surface area contributed by atoms with E-state index in [4.69, 9.17) is 10.4 Å². The van der Waals surface area contributed by atoms with Crippen molar-refractivity contribution in [2.45, 2.75) is 25.7 Å². The number of hydrazone groups is 1. The van der Waals surface area contributed by atoms with Crippen LogP contribution in [0.3, 0.4) is 0 Å². The first-order valence-corrected chi connectivity index (χ1v) is 13.2. The van der Waals surface area contributed by atoms with Crippen LogP contribution in [0, 0.1) is 6.92 Å². The zero-order valence-electron chi connectivity index (χ0n) is 23.3. The molecule has 0 saturated carbocycles. The number of hydrogen-bond acceptors (Lipinski definition) is 11. The fourth-order valence-corrected chi connectivity index (χ4v) is 4.51. The maximum atomic E-state index is 12.2. The predicted molar refractivity (Wildman–Crippen MR) is 155 cm³/mol. The number of aldehydes is 1. The molecular formula is C28H34N10O3. The number of anilines is 2. The summed E-state index contributed by atoms with van der Waals surface area (Å²) >= 11 is 0. The Kier molecular flexibility index (Phi) is 9.89. The Balaban J connectivity index is 0.000000201. The molecule has 5 rings (SSSR count). The second-order valence-electron chi connectivity index (χ2n) is 9.59. The minimum Gasteiger partial charge on any atom is -0.387 e. The number of nitrogens with two attached hydrogens (primary N) is 1. The summed E-state index contributed by atoms with van der Waals surface area (Å²) in [7, 11) is 3.69. The lowest BCUT2D eigenvalue weighted by Crippen LogP contribution is -2.38. The number of nitrogens with one attached hydrogen (secondary N) is 2. The maximum Gasteiger partial charge on any atom is 0.238 e. The summed E-state index contributed by atoms with van der Waals surface area (Å²) in [4.78, 5) is 33.5. The number of pyridine rings is 2. The zero-order valence-corrected chi connectivity index (χ0v) is 23.3. The lowest BCUT2D eigenvalue weighted by Gasteiger charge is -2.30. The van der Waals surface area contributed by atoms with Crippen molar-refractivity contribution in [2.75, 3.05) is 37.3 Å². The molecule has 1 aliphatic heterocycles. The summed E-state index contributed by atoms with van der Waals surface area (Å²) in [6.07, 6.45) is 11.2. The summed E-state index contributed by atoms with van der Waals surface area (Å²) in [6, 6.07) is 7.36. The highest BCUT2D eigenvalue weighted by molar-refractivity contribution is 6.35. The van der Waals surface area contributed by atoms with E-state index in [-0.39, 0.29) is 11.6 Å². The van der Waals surface area contributed by atoms with Crippen LogP contribution in [0.5, 0.6) is 0 Å². The van der Waals surface area contributed by atoms with Crippen molar-refractivity contribution in [2.24, 2.45) is 18.0 Å². The van der Waals surface area contributed by atoms with Crippen molar-refractivity contribution in [3.05, 3.63) is 72.4 Å². The first-order valence-electron chi connectivity index (χ1n) is 13.2. The lowest BCUT2D eigenvalue weighted by atomic mass is 9.94. The van der Waals surface area contributed by atoms with Crippen LogP contribution in [0.25, 0.3) is 11.1 Å². The Bertz CT molecular complexity index is 1460. The minimum atomic E-state index is -0.0131. The molecule has 13 nitrogen and oxygen atoms in total. The number of rotatable bonds is 8. The van der Waals surface area contributed by atoms with E-state index in [1.807, 2.05) is 45.4 Å². The Morgan fingerprint density at radius 3 is 2.56 bits per heavy atom. The van der Waals surface area contributed by atoms with Gasteiger partial charge in [-0.15, -0.1) is 0 Å². The molecule has 4 aromatic rings. The Morgan fingerprint density at radius 1 is 1.17 bits per heavy atom. The van der Waals surface area contributed by atoms with Gasteiger partial charge in [-0.25, -0.2) is 0 Å². The van der Waals surface area contributed by atoms with Crippen LogP contribution < -0.4 is 16.5 Å². The van der Waals surface area contributed by atoms with Gasteiger partial charge in [0.2, 0.25) is 5.91 Å². The van der Waals surface area contributed by atoms with Crippen LogP contribution in [0.1, 0.15) is 35.9 Å². The maximum absolute atomic E-state index is 12.2. The molecule has 1 fully saturated rings. The van der Waals surface area contributed by atoms with Gasteiger partial charge in [-0.2, -0.15) is 10.2 Å². The fourth-order valence-electron chi connectivity index (χ4n) is 4.51. The number of aryl methyl sites for hydroxylation is 2. The Hall–Kier alpha value is -4.91. The summed E-state index contributed by atoms with van der Waals surface area (Å²) in [6.45, 7) is 4.08. The molecule has 0 aromatic carbocycles. The molecule has 0 spiro atoms. The molecule has 5 heterocycles. The van der Waals surface area contributed by atoms with Crippen LogP contribution in [-0.2, 0) is 16.6 Å². The number of hydrogen-bond donors (Lipinski definition) is 3. The molecule has 214 valence electrons. The average molecular weight is 559 g/mol. The molecule has 13 heteroatoms. The number of aromatic nitrogens is 5. The second-order valence-corrected chi connectivity index (χ2v) is 9.59. The number of carbonyl (C=O) groups excluding carboxylic acids is 2. The largest absolute Gasteiger partial charge is 0.387 e. The van der Waals surface area contributed by atoms with Crippen LogP contribution in [0.15, 0.2) is 64.9 Å². The van der Waals surface area contributed by atoms with Crippen LogP contribution in [-0.4, -0.2) is 74.4 Å². The van der Waals surface area contributed by atoms with Crippen molar-refractivity contribution in [1.29, 1.82) is 0 Å².